The van der Waals surface area contributed by atoms with Crippen molar-refractivity contribution in [3.05, 3.63) is 66.5 Å². The van der Waals surface area contributed by atoms with Crippen molar-refractivity contribution >= 4 is 22.4 Å². The largest absolute Gasteiger partial charge is 0.497 e. The Labute approximate surface area is 159 Å². The highest BCUT2D eigenvalue weighted by molar-refractivity contribution is 6.07. The Balaban J connectivity index is 1.53. The number of pyridine rings is 1. The Bertz CT molecular complexity index is 950. The van der Waals surface area contributed by atoms with Gasteiger partial charge in [0.15, 0.2) is 0 Å². The Hall–Kier alpha value is -3.08. The molecular weight excluding hydrogens is 338 g/mol. The number of methoxy groups -OCH3 is 1. The molecule has 1 fully saturated rings. The van der Waals surface area contributed by atoms with Crippen LogP contribution in [0.2, 0.25) is 0 Å². The fourth-order valence-corrected chi connectivity index (χ4v) is 3.75. The Morgan fingerprint density at radius 3 is 2.67 bits per heavy atom. The van der Waals surface area contributed by atoms with Gasteiger partial charge in [-0.1, -0.05) is 12.1 Å². The highest BCUT2D eigenvalue weighted by Crippen LogP contribution is 2.25. The molecule has 0 unspecified atom stereocenters. The third kappa shape index (κ3) is 3.33. The normalized spacial score (nSPS) is 17.2. The van der Waals surface area contributed by atoms with Crippen molar-refractivity contribution in [2.45, 2.75) is 13.0 Å². The van der Waals surface area contributed by atoms with Crippen LogP contribution >= 0.6 is 0 Å². The maximum absolute atomic E-state index is 13.2. The first kappa shape index (κ1) is 17.3. The van der Waals surface area contributed by atoms with E-state index in [9.17, 15) is 4.79 Å². The number of carbonyl (C=O) groups excluding carboxylic acids is 1. The van der Waals surface area contributed by atoms with E-state index in [4.69, 9.17) is 4.74 Å². The molecule has 1 atom stereocenters. The standard InChI is InChI=1S/C22H23N3O2/c1-16-15-24(18-6-8-19(27-2)9-7-18)12-13-25(16)22(26)21-5-3-4-17-14-23-11-10-20(17)21/h3-11,14,16H,12-13,15H2,1-2H3/t16-/m1/s1. The van der Waals surface area contributed by atoms with Crippen molar-refractivity contribution in [1.29, 1.82) is 0 Å². The number of fused-ring (bicyclic) bond motifs is 1. The first-order chi connectivity index (χ1) is 13.2. The van der Waals surface area contributed by atoms with Crippen molar-refractivity contribution in [3.63, 3.8) is 0 Å². The van der Waals surface area contributed by atoms with E-state index in [0.717, 1.165) is 40.9 Å². The zero-order valence-electron chi connectivity index (χ0n) is 15.6. The number of hydrogen-bond donors (Lipinski definition) is 0. The first-order valence-corrected chi connectivity index (χ1v) is 9.20. The van der Waals surface area contributed by atoms with Gasteiger partial charge in [0, 0.05) is 54.7 Å². The van der Waals surface area contributed by atoms with Gasteiger partial charge in [-0.2, -0.15) is 0 Å². The lowest BCUT2D eigenvalue weighted by Crippen LogP contribution is -2.54. The molecule has 5 nitrogen and oxygen atoms in total. The topological polar surface area (TPSA) is 45.7 Å². The SMILES string of the molecule is COc1ccc(N2CCN(C(=O)c3cccc4cnccc34)[C@H](C)C2)cc1. The fourth-order valence-electron chi connectivity index (χ4n) is 3.75. The van der Waals surface area contributed by atoms with Crippen molar-refractivity contribution in [3.8, 4) is 5.75 Å². The molecule has 0 saturated carbocycles. The molecule has 2 heterocycles. The van der Waals surface area contributed by atoms with Gasteiger partial charge in [-0.05, 0) is 48.7 Å². The maximum Gasteiger partial charge on any atom is 0.254 e. The van der Waals surface area contributed by atoms with Crippen molar-refractivity contribution < 1.29 is 9.53 Å². The van der Waals surface area contributed by atoms with Gasteiger partial charge >= 0.3 is 0 Å². The van der Waals surface area contributed by atoms with E-state index >= 15 is 0 Å². The van der Waals surface area contributed by atoms with Crippen LogP contribution in [0.15, 0.2) is 60.9 Å². The summed E-state index contributed by atoms with van der Waals surface area (Å²) in [6, 6.07) is 16.0. The summed E-state index contributed by atoms with van der Waals surface area (Å²) in [5, 5.41) is 1.95. The zero-order chi connectivity index (χ0) is 18.8. The molecule has 1 aromatic heterocycles. The molecule has 4 rings (SSSR count). The Morgan fingerprint density at radius 2 is 1.93 bits per heavy atom. The molecular formula is C22H23N3O2. The predicted octanol–water partition coefficient (Wildman–Crippen LogP) is 3.59. The molecule has 0 N–H and O–H groups in total. The van der Waals surface area contributed by atoms with Gasteiger partial charge in [0.1, 0.15) is 5.75 Å². The van der Waals surface area contributed by atoms with Gasteiger partial charge in [0.2, 0.25) is 0 Å². The second kappa shape index (κ2) is 7.27. The number of nitrogens with zero attached hydrogens (tertiary/aromatic N) is 3. The molecule has 0 radical (unpaired) electrons. The van der Waals surface area contributed by atoms with E-state index in [1.165, 1.54) is 0 Å². The molecule has 0 aliphatic carbocycles. The van der Waals surface area contributed by atoms with Crippen LogP contribution in [0.4, 0.5) is 5.69 Å². The van der Waals surface area contributed by atoms with Crippen LogP contribution in [0, 0.1) is 0 Å². The number of piperazine rings is 1. The number of aromatic nitrogens is 1. The summed E-state index contributed by atoms with van der Waals surface area (Å²) in [6.45, 7) is 4.44. The molecule has 0 spiro atoms. The van der Waals surface area contributed by atoms with E-state index < -0.39 is 0 Å². The number of hydrogen-bond acceptors (Lipinski definition) is 4. The van der Waals surface area contributed by atoms with Crippen LogP contribution in [0.25, 0.3) is 10.8 Å². The van der Waals surface area contributed by atoms with Crippen molar-refractivity contribution in [2.24, 2.45) is 0 Å². The number of amides is 1. The molecule has 1 amide bonds. The van der Waals surface area contributed by atoms with Gasteiger partial charge < -0.3 is 14.5 Å². The summed E-state index contributed by atoms with van der Waals surface area (Å²) in [6.07, 6.45) is 3.54. The van der Waals surface area contributed by atoms with E-state index in [1.807, 2.05) is 41.3 Å². The van der Waals surface area contributed by atoms with Crippen LogP contribution in [0.1, 0.15) is 17.3 Å². The lowest BCUT2D eigenvalue weighted by Gasteiger charge is -2.41. The highest BCUT2D eigenvalue weighted by Gasteiger charge is 2.29. The lowest BCUT2D eigenvalue weighted by molar-refractivity contribution is 0.0676. The predicted molar refractivity (Wildman–Crippen MR) is 107 cm³/mol. The number of rotatable bonds is 3. The van der Waals surface area contributed by atoms with Gasteiger partial charge in [0.25, 0.3) is 5.91 Å². The number of anilines is 1. The molecule has 138 valence electrons. The number of ether oxygens (including phenoxy) is 1. The van der Waals surface area contributed by atoms with Crippen LogP contribution in [0.5, 0.6) is 5.75 Å². The third-order valence-electron chi connectivity index (χ3n) is 5.24. The molecule has 1 aliphatic heterocycles. The summed E-state index contributed by atoms with van der Waals surface area (Å²) >= 11 is 0. The summed E-state index contributed by atoms with van der Waals surface area (Å²) in [7, 11) is 1.67. The van der Waals surface area contributed by atoms with Crippen LogP contribution in [-0.2, 0) is 0 Å². The van der Waals surface area contributed by atoms with Crippen molar-refractivity contribution in [2.75, 3.05) is 31.6 Å². The van der Waals surface area contributed by atoms with E-state index in [-0.39, 0.29) is 11.9 Å². The highest BCUT2D eigenvalue weighted by atomic mass is 16.5. The molecule has 0 bridgehead atoms. The molecule has 1 aliphatic rings. The Kier molecular flexibility index (Phi) is 4.67. The van der Waals surface area contributed by atoms with Gasteiger partial charge in [-0.15, -0.1) is 0 Å². The fraction of sp³-hybridized carbons (Fsp3) is 0.273. The average Bonchev–Trinajstić information content (AvgIpc) is 2.73. The second-order valence-corrected chi connectivity index (χ2v) is 6.89. The lowest BCUT2D eigenvalue weighted by atomic mass is 10.0. The number of benzene rings is 2. The molecule has 27 heavy (non-hydrogen) atoms. The molecule has 1 saturated heterocycles. The van der Waals surface area contributed by atoms with Crippen molar-refractivity contribution in [1.82, 2.24) is 9.88 Å². The summed E-state index contributed by atoms with van der Waals surface area (Å²) in [5.41, 5.74) is 1.91. The maximum atomic E-state index is 13.2. The minimum atomic E-state index is 0.0914. The smallest absolute Gasteiger partial charge is 0.254 e. The minimum absolute atomic E-state index is 0.0914. The van der Waals surface area contributed by atoms with Gasteiger partial charge in [-0.25, -0.2) is 0 Å². The summed E-state index contributed by atoms with van der Waals surface area (Å²) < 4.78 is 5.23. The van der Waals surface area contributed by atoms with E-state index in [0.29, 0.717) is 6.54 Å². The summed E-state index contributed by atoms with van der Waals surface area (Å²) in [5.74, 6) is 0.944. The average molecular weight is 361 g/mol. The zero-order valence-corrected chi connectivity index (χ0v) is 15.6. The minimum Gasteiger partial charge on any atom is -0.497 e. The summed E-state index contributed by atoms with van der Waals surface area (Å²) in [4.78, 5) is 21.7. The van der Waals surface area contributed by atoms with Gasteiger partial charge in [-0.3, -0.25) is 9.78 Å². The third-order valence-corrected chi connectivity index (χ3v) is 5.24. The Morgan fingerprint density at radius 1 is 1.11 bits per heavy atom. The molecule has 3 aromatic rings. The second-order valence-electron chi connectivity index (χ2n) is 6.89. The quantitative estimate of drug-likeness (QED) is 0.715. The van der Waals surface area contributed by atoms with Crippen LogP contribution in [-0.4, -0.2) is 48.6 Å². The van der Waals surface area contributed by atoms with E-state index in [2.05, 4.69) is 28.9 Å². The van der Waals surface area contributed by atoms with Gasteiger partial charge in [0.05, 0.1) is 7.11 Å². The molecule has 2 aromatic carbocycles. The first-order valence-electron chi connectivity index (χ1n) is 9.20. The van der Waals surface area contributed by atoms with E-state index in [1.54, 1.807) is 19.5 Å². The number of carbonyl (C=O) groups is 1. The van der Waals surface area contributed by atoms with Crippen LogP contribution < -0.4 is 9.64 Å². The van der Waals surface area contributed by atoms with Crippen LogP contribution in [0.3, 0.4) is 0 Å². The molecule has 5 heteroatoms. The monoisotopic (exact) mass is 361 g/mol.